The zero-order valence-corrected chi connectivity index (χ0v) is 12.2. The van der Waals surface area contributed by atoms with E-state index in [4.69, 9.17) is 0 Å². The van der Waals surface area contributed by atoms with E-state index in [9.17, 15) is 4.79 Å². The SMILES string of the molecule is CCn1cc(C(=O)N2CCC(NCC3CC3)CC2)cn1. The zero-order chi connectivity index (χ0) is 13.9. The van der Waals surface area contributed by atoms with Crippen LogP contribution in [0.3, 0.4) is 0 Å². The molecule has 1 aromatic rings. The summed E-state index contributed by atoms with van der Waals surface area (Å²) >= 11 is 0. The van der Waals surface area contributed by atoms with Gasteiger partial charge in [-0.3, -0.25) is 9.48 Å². The molecule has 20 heavy (non-hydrogen) atoms. The van der Waals surface area contributed by atoms with Crippen LogP contribution < -0.4 is 5.32 Å². The first-order chi connectivity index (χ1) is 9.76. The standard InChI is InChI=1S/C15H24N4O/c1-2-19-11-13(10-17-19)15(20)18-7-5-14(6-8-18)16-9-12-3-4-12/h10-12,14,16H,2-9H2,1H3. The first kappa shape index (κ1) is 13.6. The number of aryl methyl sites for hydroxylation is 1. The first-order valence-corrected chi connectivity index (χ1v) is 7.81. The molecule has 1 aromatic heterocycles. The molecule has 2 aliphatic rings. The average Bonchev–Trinajstić information content (AvgIpc) is 3.20. The highest BCUT2D eigenvalue weighted by Crippen LogP contribution is 2.28. The number of nitrogens with zero attached hydrogens (tertiary/aromatic N) is 3. The van der Waals surface area contributed by atoms with Crippen LogP contribution in [0, 0.1) is 5.92 Å². The van der Waals surface area contributed by atoms with E-state index in [1.807, 2.05) is 18.0 Å². The van der Waals surface area contributed by atoms with Gasteiger partial charge in [-0.05, 0) is 45.1 Å². The Morgan fingerprint density at radius 3 is 2.70 bits per heavy atom. The van der Waals surface area contributed by atoms with E-state index >= 15 is 0 Å². The van der Waals surface area contributed by atoms with Crippen LogP contribution in [0.1, 0.15) is 43.0 Å². The molecule has 1 aliphatic heterocycles. The molecule has 5 nitrogen and oxygen atoms in total. The molecule has 1 aliphatic carbocycles. The molecule has 5 heteroatoms. The van der Waals surface area contributed by atoms with Crippen molar-refractivity contribution < 1.29 is 4.79 Å². The number of hydrogen-bond acceptors (Lipinski definition) is 3. The Balaban J connectivity index is 1.47. The molecule has 1 N–H and O–H groups in total. The van der Waals surface area contributed by atoms with Gasteiger partial charge in [-0.25, -0.2) is 0 Å². The van der Waals surface area contributed by atoms with Crippen LogP contribution in [0.5, 0.6) is 0 Å². The molecule has 0 bridgehead atoms. The fourth-order valence-electron chi connectivity index (χ4n) is 2.77. The van der Waals surface area contributed by atoms with Gasteiger partial charge in [0.1, 0.15) is 0 Å². The Morgan fingerprint density at radius 1 is 1.35 bits per heavy atom. The highest BCUT2D eigenvalue weighted by molar-refractivity contribution is 5.93. The van der Waals surface area contributed by atoms with E-state index in [1.54, 1.807) is 10.9 Å². The number of amides is 1. The molecule has 1 saturated heterocycles. The van der Waals surface area contributed by atoms with Crippen LogP contribution >= 0.6 is 0 Å². The van der Waals surface area contributed by atoms with Crippen molar-refractivity contribution in [2.75, 3.05) is 19.6 Å². The minimum atomic E-state index is 0.130. The van der Waals surface area contributed by atoms with Crippen molar-refractivity contribution in [1.29, 1.82) is 0 Å². The summed E-state index contributed by atoms with van der Waals surface area (Å²) in [4.78, 5) is 14.3. The lowest BCUT2D eigenvalue weighted by molar-refractivity contribution is 0.0705. The van der Waals surface area contributed by atoms with Crippen molar-refractivity contribution in [3.8, 4) is 0 Å². The van der Waals surface area contributed by atoms with Crippen LogP contribution in [0.4, 0.5) is 0 Å². The normalized spacial score (nSPS) is 20.4. The van der Waals surface area contributed by atoms with Crippen molar-refractivity contribution in [2.24, 2.45) is 5.92 Å². The monoisotopic (exact) mass is 276 g/mol. The van der Waals surface area contributed by atoms with Crippen LogP contribution in [0.25, 0.3) is 0 Å². The molecule has 0 atom stereocenters. The van der Waals surface area contributed by atoms with Gasteiger partial charge in [0.05, 0.1) is 11.8 Å². The van der Waals surface area contributed by atoms with Gasteiger partial charge in [-0.15, -0.1) is 0 Å². The van der Waals surface area contributed by atoms with Gasteiger partial charge in [-0.1, -0.05) is 0 Å². The number of hydrogen-bond donors (Lipinski definition) is 1. The maximum atomic E-state index is 12.4. The van der Waals surface area contributed by atoms with Gasteiger partial charge in [0.25, 0.3) is 5.91 Å². The Hall–Kier alpha value is -1.36. The van der Waals surface area contributed by atoms with E-state index in [0.717, 1.165) is 44.0 Å². The van der Waals surface area contributed by atoms with Crippen molar-refractivity contribution in [2.45, 2.75) is 45.2 Å². The van der Waals surface area contributed by atoms with Gasteiger partial charge >= 0.3 is 0 Å². The summed E-state index contributed by atoms with van der Waals surface area (Å²) in [5.41, 5.74) is 0.719. The van der Waals surface area contributed by atoms with Crippen molar-refractivity contribution in [1.82, 2.24) is 20.0 Å². The van der Waals surface area contributed by atoms with E-state index in [1.165, 1.54) is 19.4 Å². The fourth-order valence-corrected chi connectivity index (χ4v) is 2.77. The topological polar surface area (TPSA) is 50.2 Å². The highest BCUT2D eigenvalue weighted by Gasteiger charge is 2.26. The lowest BCUT2D eigenvalue weighted by atomic mass is 10.0. The Morgan fingerprint density at radius 2 is 2.10 bits per heavy atom. The molecule has 2 heterocycles. The summed E-state index contributed by atoms with van der Waals surface area (Å²) in [6.07, 6.45) is 8.46. The third-order valence-corrected chi connectivity index (χ3v) is 4.38. The summed E-state index contributed by atoms with van der Waals surface area (Å²) in [5.74, 6) is 1.06. The zero-order valence-electron chi connectivity index (χ0n) is 12.2. The van der Waals surface area contributed by atoms with Crippen molar-refractivity contribution >= 4 is 5.91 Å². The number of carbonyl (C=O) groups is 1. The lowest BCUT2D eigenvalue weighted by Gasteiger charge is -2.32. The molecule has 110 valence electrons. The van der Waals surface area contributed by atoms with Crippen LogP contribution in [0.15, 0.2) is 12.4 Å². The molecule has 2 fully saturated rings. The van der Waals surface area contributed by atoms with Gasteiger partial charge in [0.2, 0.25) is 0 Å². The average molecular weight is 276 g/mol. The van der Waals surface area contributed by atoms with Crippen LogP contribution in [-0.2, 0) is 6.54 Å². The lowest BCUT2D eigenvalue weighted by Crippen LogP contribution is -2.45. The van der Waals surface area contributed by atoms with Crippen molar-refractivity contribution in [3.63, 3.8) is 0 Å². The van der Waals surface area contributed by atoms with Crippen LogP contribution in [0.2, 0.25) is 0 Å². The predicted molar refractivity (Wildman–Crippen MR) is 77.6 cm³/mol. The van der Waals surface area contributed by atoms with E-state index < -0.39 is 0 Å². The molecule has 0 radical (unpaired) electrons. The molecule has 1 saturated carbocycles. The maximum absolute atomic E-state index is 12.4. The first-order valence-electron chi connectivity index (χ1n) is 7.81. The largest absolute Gasteiger partial charge is 0.338 e. The predicted octanol–water partition coefficient (Wildman–Crippen LogP) is 1.51. The number of rotatable bonds is 5. The molecule has 1 amide bonds. The Bertz CT molecular complexity index is 458. The third-order valence-electron chi connectivity index (χ3n) is 4.38. The van der Waals surface area contributed by atoms with E-state index in [2.05, 4.69) is 10.4 Å². The third kappa shape index (κ3) is 3.20. The molecular formula is C15H24N4O. The quantitative estimate of drug-likeness (QED) is 0.887. The molecule has 3 rings (SSSR count). The minimum Gasteiger partial charge on any atom is -0.338 e. The molecule has 0 unspecified atom stereocenters. The van der Waals surface area contributed by atoms with Gasteiger partial charge in [0.15, 0.2) is 0 Å². The molecular weight excluding hydrogens is 252 g/mol. The van der Waals surface area contributed by atoms with Crippen molar-refractivity contribution in [3.05, 3.63) is 18.0 Å². The smallest absolute Gasteiger partial charge is 0.257 e. The number of piperidine rings is 1. The Kier molecular flexibility index (Phi) is 4.05. The Labute approximate surface area is 120 Å². The number of nitrogens with one attached hydrogen (secondary N) is 1. The summed E-state index contributed by atoms with van der Waals surface area (Å²) < 4.78 is 1.80. The summed E-state index contributed by atoms with van der Waals surface area (Å²) in [6, 6.07) is 0.595. The molecule has 0 aromatic carbocycles. The summed E-state index contributed by atoms with van der Waals surface area (Å²) in [7, 11) is 0. The number of aromatic nitrogens is 2. The van der Waals surface area contributed by atoms with Crippen LogP contribution in [-0.4, -0.2) is 46.3 Å². The van der Waals surface area contributed by atoms with Gasteiger partial charge < -0.3 is 10.2 Å². The minimum absolute atomic E-state index is 0.130. The van der Waals surface area contributed by atoms with E-state index in [0.29, 0.717) is 6.04 Å². The van der Waals surface area contributed by atoms with Gasteiger partial charge in [0, 0.05) is 31.9 Å². The van der Waals surface area contributed by atoms with Gasteiger partial charge in [-0.2, -0.15) is 5.10 Å². The maximum Gasteiger partial charge on any atom is 0.257 e. The number of carbonyl (C=O) groups excluding carboxylic acids is 1. The summed E-state index contributed by atoms with van der Waals surface area (Å²) in [5, 5.41) is 7.82. The second-order valence-corrected chi connectivity index (χ2v) is 6.00. The second-order valence-electron chi connectivity index (χ2n) is 6.00. The molecule has 0 spiro atoms. The summed E-state index contributed by atoms with van der Waals surface area (Å²) in [6.45, 7) is 5.72. The number of likely N-dealkylation sites (tertiary alicyclic amines) is 1. The van der Waals surface area contributed by atoms with E-state index in [-0.39, 0.29) is 5.91 Å². The fraction of sp³-hybridized carbons (Fsp3) is 0.733. The second kappa shape index (κ2) is 5.95. The highest BCUT2D eigenvalue weighted by atomic mass is 16.2.